The number of fused-ring (bicyclic) bond motifs is 1. The summed E-state index contributed by atoms with van der Waals surface area (Å²) >= 11 is 7.47. The van der Waals surface area contributed by atoms with Gasteiger partial charge in [0.2, 0.25) is 0 Å². The molecule has 2 aromatic carbocycles. The number of primary amides is 1. The Morgan fingerprint density at radius 1 is 1.07 bits per heavy atom. The summed E-state index contributed by atoms with van der Waals surface area (Å²) in [5, 5.41) is 4.63. The van der Waals surface area contributed by atoms with E-state index >= 15 is 0 Å². The highest BCUT2D eigenvalue weighted by molar-refractivity contribution is 7.16. The zero-order valence-corrected chi connectivity index (χ0v) is 17.9. The first-order valence-corrected chi connectivity index (χ1v) is 10.4. The van der Waals surface area contributed by atoms with Gasteiger partial charge in [-0.05, 0) is 43.7 Å². The number of hydrogen-bond acceptors (Lipinski definition) is 4. The molecule has 0 fully saturated rings. The number of para-hydroxylation sites is 1. The average Bonchev–Trinajstić information content (AvgIpc) is 3.00. The third-order valence-electron chi connectivity index (χ3n) is 4.94. The molecule has 2 aromatic heterocycles. The van der Waals surface area contributed by atoms with Gasteiger partial charge in [0, 0.05) is 20.8 Å². The van der Waals surface area contributed by atoms with Crippen molar-refractivity contribution in [2.75, 3.05) is 5.32 Å². The number of thiophene rings is 1. The fourth-order valence-corrected chi connectivity index (χ4v) is 4.59. The molecule has 4 aromatic rings. The molecule has 0 radical (unpaired) electrons. The Kier molecular flexibility index (Phi) is 5.28. The SMILES string of the molecule is Cc1sc(NC(=O)c2cc(-c3cccc(Cl)c3)nc3ccccc23)c(C(N)=O)c1C. The number of nitrogens with zero attached hydrogens (tertiary/aromatic N) is 1. The van der Waals surface area contributed by atoms with Crippen molar-refractivity contribution in [3.8, 4) is 11.3 Å². The van der Waals surface area contributed by atoms with Gasteiger partial charge < -0.3 is 11.1 Å². The first-order valence-electron chi connectivity index (χ1n) is 9.22. The van der Waals surface area contributed by atoms with E-state index in [1.807, 2.05) is 50.2 Å². The largest absolute Gasteiger partial charge is 0.365 e. The predicted molar refractivity (Wildman–Crippen MR) is 122 cm³/mol. The minimum Gasteiger partial charge on any atom is -0.365 e. The van der Waals surface area contributed by atoms with Gasteiger partial charge in [-0.2, -0.15) is 0 Å². The summed E-state index contributed by atoms with van der Waals surface area (Å²) in [6.07, 6.45) is 0. The summed E-state index contributed by atoms with van der Waals surface area (Å²) in [6.45, 7) is 3.71. The second-order valence-corrected chi connectivity index (χ2v) is 8.55. The third-order valence-corrected chi connectivity index (χ3v) is 6.30. The van der Waals surface area contributed by atoms with Gasteiger partial charge in [-0.1, -0.05) is 41.9 Å². The van der Waals surface area contributed by atoms with Crippen LogP contribution in [0, 0.1) is 13.8 Å². The lowest BCUT2D eigenvalue weighted by Crippen LogP contribution is -2.18. The number of amides is 2. The molecule has 2 amide bonds. The molecule has 0 atom stereocenters. The van der Waals surface area contributed by atoms with Crippen LogP contribution in [0.25, 0.3) is 22.2 Å². The van der Waals surface area contributed by atoms with Crippen molar-refractivity contribution in [1.82, 2.24) is 4.98 Å². The van der Waals surface area contributed by atoms with E-state index in [2.05, 4.69) is 5.32 Å². The van der Waals surface area contributed by atoms with E-state index in [9.17, 15) is 9.59 Å². The van der Waals surface area contributed by atoms with Gasteiger partial charge in [0.15, 0.2) is 0 Å². The monoisotopic (exact) mass is 435 g/mol. The fourth-order valence-electron chi connectivity index (χ4n) is 3.34. The van der Waals surface area contributed by atoms with Crippen molar-refractivity contribution in [2.45, 2.75) is 13.8 Å². The first-order chi connectivity index (χ1) is 14.3. The molecule has 0 aliphatic rings. The molecule has 30 heavy (non-hydrogen) atoms. The smallest absolute Gasteiger partial charge is 0.257 e. The van der Waals surface area contributed by atoms with Crippen LogP contribution in [0.4, 0.5) is 5.00 Å². The molecule has 150 valence electrons. The summed E-state index contributed by atoms with van der Waals surface area (Å²) in [5.74, 6) is -0.896. The van der Waals surface area contributed by atoms with E-state index in [0.29, 0.717) is 37.7 Å². The molecule has 4 rings (SSSR count). The van der Waals surface area contributed by atoms with Gasteiger partial charge in [0.05, 0.1) is 22.3 Å². The van der Waals surface area contributed by atoms with Crippen molar-refractivity contribution < 1.29 is 9.59 Å². The average molecular weight is 436 g/mol. The Bertz CT molecular complexity index is 1310. The number of nitrogens with two attached hydrogens (primary N) is 1. The summed E-state index contributed by atoms with van der Waals surface area (Å²) < 4.78 is 0. The van der Waals surface area contributed by atoms with Gasteiger partial charge in [-0.25, -0.2) is 4.98 Å². The van der Waals surface area contributed by atoms with Crippen LogP contribution in [-0.4, -0.2) is 16.8 Å². The maximum atomic E-state index is 13.3. The van der Waals surface area contributed by atoms with Crippen LogP contribution < -0.4 is 11.1 Å². The van der Waals surface area contributed by atoms with Gasteiger partial charge in [0.25, 0.3) is 11.8 Å². The van der Waals surface area contributed by atoms with E-state index in [4.69, 9.17) is 22.3 Å². The number of benzene rings is 2. The molecule has 2 heterocycles. The highest BCUT2D eigenvalue weighted by atomic mass is 35.5. The maximum Gasteiger partial charge on any atom is 0.257 e. The van der Waals surface area contributed by atoms with Crippen LogP contribution in [0.15, 0.2) is 54.6 Å². The van der Waals surface area contributed by atoms with Crippen molar-refractivity contribution in [2.24, 2.45) is 5.73 Å². The van der Waals surface area contributed by atoms with Crippen molar-refractivity contribution in [3.05, 3.63) is 81.2 Å². The van der Waals surface area contributed by atoms with Crippen LogP contribution in [0.5, 0.6) is 0 Å². The zero-order chi connectivity index (χ0) is 21.4. The molecule has 0 spiro atoms. The van der Waals surface area contributed by atoms with Crippen LogP contribution in [0.2, 0.25) is 5.02 Å². The zero-order valence-electron chi connectivity index (χ0n) is 16.3. The molecule has 0 aliphatic carbocycles. The molecular formula is C23H18ClN3O2S. The maximum absolute atomic E-state index is 13.3. The number of rotatable bonds is 4. The molecule has 0 aliphatic heterocycles. The van der Waals surface area contributed by atoms with Crippen LogP contribution in [0.3, 0.4) is 0 Å². The lowest BCUT2D eigenvalue weighted by atomic mass is 10.0. The highest BCUT2D eigenvalue weighted by Gasteiger charge is 2.21. The number of nitrogens with one attached hydrogen (secondary N) is 1. The van der Waals surface area contributed by atoms with E-state index in [0.717, 1.165) is 16.0 Å². The van der Waals surface area contributed by atoms with Gasteiger partial charge >= 0.3 is 0 Å². The molecule has 7 heteroatoms. The van der Waals surface area contributed by atoms with E-state index in [-0.39, 0.29) is 5.91 Å². The molecule has 0 saturated carbocycles. The lowest BCUT2D eigenvalue weighted by molar-refractivity contribution is 0.100. The summed E-state index contributed by atoms with van der Waals surface area (Å²) in [4.78, 5) is 30.8. The summed E-state index contributed by atoms with van der Waals surface area (Å²) in [6, 6.07) is 16.5. The van der Waals surface area contributed by atoms with Crippen LogP contribution in [-0.2, 0) is 0 Å². The van der Waals surface area contributed by atoms with Crippen LogP contribution >= 0.6 is 22.9 Å². The Labute approximate surface area is 182 Å². The predicted octanol–water partition coefficient (Wildman–Crippen LogP) is 5.58. The number of halogens is 1. The number of carbonyl (C=O) groups excluding carboxylic acids is 2. The molecular weight excluding hydrogens is 418 g/mol. The van der Waals surface area contributed by atoms with Crippen LogP contribution in [0.1, 0.15) is 31.2 Å². The van der Waals surface area contributed by atoms with Gasteiger partial charge in [-0.15, -0.1) is 11.3 Å². The Morgan fingerprint density at radius 2 is 1.83 bits per heavy atom. The summed E-state index contributed by atoms with van der Waals surface area (Å²) in [7, 11) is 0. The number of hydrogen-bond donors (Lipinski definition) is 2. The normalized spacial score (nSPS) is 10.9. The molecule has 3 N–H and O–H groups in total. The van der Waals surface area contributed by atoms with Gasteiger partial charge in [0.1, 0.15) is 5.00 Å². The lowest BCUT2D eigenvalue weighted by Gasteiger charge is -2.11. The number of aromatic nitrogens is 1. The van der Waals surface area contributed by atoms with E-state index in [1.165, 1.54) is 11.3 Å². The minimum absolute atomic E-state index is 0.333. The Balaban J connectivity index is 1.83. The summed E-state index contributed by atoms with van der Waals surface area (Å²) in [5.41, 5.74) is 9.25. The minimum atomic E-state index is -0.564. The van der Waals surface area contributed by atoms with E-state index in [1.54, 1.807) is 18.2 Å². The quantitative estimate of drug-likeness (QED) is 0.438. The van der Waals surface area contributed by atoms with Crippen molar-refractivity contribution >= 4 is 50.7 Å². The molecule has 0 bridgehead atoms. The number of aryl methyl sites for hydroxylation is 1. The van der Waals surface area contributed by atoms with Crippen molar-refractivity contribution in [3.63, 3.8) is 0 Å². The van der Waals surface area contributed by atoms with Crippen molar-refractivity contribution in [1.29, 1.82) is 0 Å². The molecule has 5 nitrogen and oxygen atoms in total. The second-order valence-electron chi connectivity index (χ2n) is 6.89. The first kappa shape index (κ1) is 20.1. The third kappa shape index (κ3) is 3.67. The standard InChI is InChI=1S/C23H18ClN3O2S/c1-12-13(2)30-23(20(12)21(25)28)27-22(29)17-11-19(14-6-5-7-15(24)10-14)26-18-9-4-3-8-16(17)18/h3-11H,1-2H3,(H2,25,28)(H,27,29). The Morgan fingerprint density at radius 3 is 2.57 bits per heavy atom. The molecule has 0 unspecified atom stereocenters. The number of anilines is 1. The topological polar surface area (TPSA) is 85.1 Å². The second kappa shape index (κ2) is 7.89. The van der Waals surface area contributed by atoms with Gasteiger partial charge in [-0.3, -0.25) is 9.59 Å². The Hall–Kier alpha value is -3.22. The highest BCUT2D eigenvalue weighted by Crippen LogP contribution is 2.33. The number of pyridine rings is 1. The number of carbonyl (C=O) groups is 2. The van der Waals surface area contributed by atoms with E-state index < -0.39 is 5.91 Å². The molecule has 0 saturated heterocycles. The fraction of sp³-hybridized carbons (Fsp3) is 0.0870.